The lowest BCUT2D eigenvalue weighted by atomic mass is 10.0. The van der Waals surface area contributed by atoms with Gasteiger partial charge in [-0.2, -0.15) is 0 Å². The van der Waals surface area contributed by atoms with Gasteiger partial charge in [-0.15, -0.1) is 0 Å². The number of hydrogen-bond donors (Lipinski definition) is 0. The molecule has 0 unspecified atom stereocenters. The number of halogens is 1. The zero-order chi connectivity index (χ0) is 14.9. The van der Waals surface area contributed by atoms with Gasteiger partial charge in [-0.3, -0.25) is 0 Å². The highest BCUT2D eigenvalue weighted by Gasteiger charge is 2.10. The molecule has 1 aromatic heterocycles. The summed E-state index contributed by atoms with van der Waals surface area (Å²) in [6, 6.07) is 6.88. The van der Waals surface area contributed by atoms with E-state index >= 15 is 0 Å². The Balaban J connectivity index is 2.45. The van der Waals surface area contributed by atoms with Gasteiger partial charge in [0.1, 0.15) is 11.6 Å². The molecule has 1 heterocycles. The summed E-state index contributed by atoms with van der Waals surface area (Å²) in [6.07, 6.45) is 1.82. The molecule has 0 amide bonds. The molecule has 0 saturated carbocycles. The Kier molecular flexibility index (Phi) is 3.89. The van der Waals surface area contributed by atoms with E-state index in [9.17, 15) is 4.39 Å². The average molecular weight is 270 g/mol. The maximum atomic E-state index is 13.2. The number of anilines is 1. The number of aryl methyl sites for hydroxylation is 2. The molecule has 2 aromatic rings. The standard InChI is InChI=1S/C17H19FN2/c1-11(2)20(5)17-13(4)8-14(10-19-17)16-7-6-15(18)9-12(16)3/h6-10H,1H2,2-5H3. The molecule has 0 fully saturated rings. The van der Waals surface area contributed by atoms with E-state index in [1.54, 1.807) is 12.1 Å². The third kappa shape index (κ3) is 2.72. The second-order valence-electron chi connectivity index (χ2n) is 5.12. The Morgan fingerprint density at radius 2 is 1.90 bits per heavy atom. The summed E-state index contributed by atoms with van der Waals surface area (Å²) in [6.45, 7) is 9.79. The summed E-state index contributed by atoms with van der Waals surface area (Å²) >= 11 is 0. The summed E-state index contributed by atoms with van der Waals surface area (Å²) in [5, 5.41) is 0. The molecule has 0 radical (unpaired) electrons. The summed E-state index contributed by atoms with van der Waals surface area (Å²) in [7, 11) is 1.94. The molecule has 0 aliphatic carbocycles. The maximum Gasteiger partial charge on any atom is 0.135 e. The molecule has 0 bridgehead atoms. The zero-order valence-corrected chi connectivity index (χ0v) is 12.4. The van der Waals surface area contributed by atoms with Crippen LogP contribution in [-0.2, 0) is 0 Å². The molecular weight excluding hydrogens is 251 g/mol. The van der Waals surface area contributed by atoms with Crippen molar-refractivity contribution in [1.82, 2.24) is 4.98 Å². The first-order chi connectivity index (χ1) is 9.40. The molecule has 1 aromatic carbocycles. The Morgan fingerprint density at radius 1 is 1.20 bits per heavy atom. The first-order valence-corrected chi connectivity index (χ1v) is 6.52. The Labute approximate surface area is 119 Å². The summed E-state index contributed by atoms with van der Waals surface area (Å²) in [5.41, 5.74) is 4.92. The summed E-state index contributed by atoms with van der Waals surface area (Å²) in [5.74, 6) is 0.676. The van der Waals surface area contributed by atoms with E-state index in [4.69, 9.17) is 0 Å². The van der Waals surface area contributed by atoms with E-state index in [1.807, 2.05) is 38.9 Å². The van der Waals surface area contributed by atoms with Crippen LogP contribution in [0.5, 0.6) is 0 Å². The van der Waals surface area contributed by atoms with E-state index < -0.39 is 0 Å². The quantitative estimate of drug-likeness (QED) is 0.817. The molecule has 2 nitrogen and oxygen atoms in total. The van der Waals surface area contributed by atoms with Crippen molar-refractivity contribution in [3.05, 3.63) is 59.7 Å². The van der Waals surface area contributed by atoms with Crippen LogP contribution in [0.25, 0.3) is 11.1 Å². The molecule has 0 atom stereocenters. The minimum absolute atomic E-state index is 0.213. The molecule has 0 aliphatic heterocycles. The maximum absolute atomic E-state index is 13.2. The molecule has 0 N–H and O–H groups in total. The fourth-order valence-electron chi connectivity index (χ4n) is 2.20. The highest BCUT2D eigenvalue weighted by molar-refractivity contribution is 5.69. The molecule has 2 rings (SSSR count). The highest BCUT2D eigenvalue weighted by Crippen LogP contribution is 2.27. The van der Waals surface area contributed by atoms with Crippen molar-refractivity contribution in [1.29, 1.82) is 0 Å². The van der Waals surface area contributed by atoms with Crippen LogP contribution in [-0.4, -0.2) is 12.0 Å². The van der Waals surface area contributed by atoms with Crippen LogP contribution in [0.3, 0.4) is 0 Å². The van der Waals surface area contributed by atoms with Gasteiger partial charge in [-0.1, -0.05) is 12.6 Å². The van der Waals surface area contributed by atoms with Crippen LogP contribution in [0.15, 0.2) is 42.7 Å². The largest absolute Gasteiger partial charge is 0.334 e. The molecule has 20 heavy (non-hydrogen) atoms. The minimum Gasteiger partial charge on any atom is -0.334 e. The predicted molar refractivity (Wildman–Crippen MR) is 82.3 cm³/mol. The normalized spacial score (nSPS) is 10.4. The van der Waals surface area contributed by atoms with Crippen molar-refractivity contribution in [2.75, 3.05) is 11.9 Å². The number of pyridine rings is 1. The number of aromatic nitrogens is 1. The van der Waals surface area contributed by atoms with Gasteiger partial charge in [-0.25, -0.2) is 9.37 Å². The topological polar surface area (TPSA) is 16.1 Å². The molecule has 0 aliphatic rings. The Bertz CT molecular complexity index is 662. The van der Waals surface area contributed by atoms with Crippen LogP contribution < -0.4 is 4.90 Å². The third-order valence-electron chi connectivity index (χ3n) is 3.44. The predicted octanol–water partition coefficient (Wildman–Crippen LogP) is 4.47. The Morgan fingerprint density at radius 3 is 2.45 bits per heavy atom. The molecule has 0 spiro atoms. The number of benzene rings is 1. The van der Waals surface area contributed by atoms with Crippen molar-refractivity contribution in [2.24, 2.45) is 0 Å². The van der Waals surface area contributed by atoms with E-state index in [1.165, 1.54) is 6.07 Å². The zero-order valence-electron chi connectivity index (χ0n) is 12.4. The van der Waals surface area contributed by atoms with Gasteiger partial charge in [0.2, 0.25) is 0 Å². The van der Waals surface area contributed by atoms with Gasteiger partial charge < -0.3 is 4.90 Å². The molecule has 104 valence electrons. The summed E-state index contributed by atoms with van der Waals surface area (Å²) in [4.78, 5) is 6.47. The SMILES string of the molecule is C=C(C)N(C)c1ncc(-c2ccc(F)cc2C)cc1C. The number of hydrogen-bond acceptors (Lipinski definition) is 2. The number of allylic oxidation sites excluding steroid dienone is 1. The summed E-state index contributed by atoms with van der Waals surface area (Å²) < 4.78 is 13.2. The van der Waals surface area contributed by atoms with Crippen molar-refractivity contribution < 1.29 is 4.39 Å². The van der Waals surface area contributed by atoms with Gasteiger partial charge >= 0.3 is 0 Å². The first-order valence-electron chi connectivity index (χ1n) is 6.52. The van der Waals surface area contributed by atoms with Crippen LogP contribution in [0.2, 0.25) is 0 Å². The van der Waals surface area contributed by atoms with Crippen LogP contribution in [0.4, 0.5) is 10.2 Å². The van der Waals surface area contributed by atoms with Crippen molar-refractivity contribution in [3.8, 4) is 11.1 Å². The minimum atomic E-state index is -0.213. The van der Waals surface area contributed by atoms with Gasteiger partial charge in [0.05, 0.1) is 0 Å². The smallest absolute Gasteiger partial charge is 0.135 e. The second-order valence-corrected chi connectivity index (χ2v) is 5.12. The van der Waals surface area contributed by atoms with Gasteiger partial charge in [-0.05, 0) is 55.7 Å². The Hall–Kier alpha value is -2.16. The monoisotopic (exact) mass is 270 g/mol. The average Bonchev–Trinajstić information content (AvgIpc) is 2.37. The fourth-order valence-corrected chi connectivity index (χ4v) is 2.20. The molecule has 0 saturated heterocycles. The van der Waals surface area contributed by atoms with E-state index in [0.29, 0.717) is 0 Å². The van der Waals surface area contributed by atoms with Crippen molar-refractivity contribution in [3.63, 3.8) is 0 Å². The number of nitrogens with zero attached hydrogens (tertiary/aromatic N) is 2. The lowest BCUT2D eigenvalue weighted by Gasteiger charge is -2.20. The highest BCUT2D eigenvalue weighted by atomic mass is 19.1. The third-order valence-corrected chi connectivity index (χ3v) is 3.44. The van der Waals surface area contributed by atoms with Crippen LogP contribution in [0, 0.1) is 19.7 Å². The van der Waals surface area contributed by atoms with Crippen molar-refractivity contribution in [2.45, 2.75) is 20.8 Å². The second kappa shape index (κ2) is 5.45. The van der Waals surface area contributed by atoms with Gasteiger partial charge in [0.25, 0.3) is 0 Å². The van der Waals surface area contributed by atoms with Gasteiger partial charge in [0.15, 0.2) is 0 Å². The van der Waals surface area contributed by atoms with E-state index in [2.05, 4.69) is 17.6 Å². The first kappa shape index (κ1) is 14.3. The van der Waals surface area contributed by atoms with E-state index in [-0.39, 0.29) is 5.82 Å². The van der Waals surface area contributed by atoms with Crippen LogP contribution in [0.1, 0.15) is 18.1 Å². The van der Waals surface area contributed by atoms with E-state index in [0.717, 1.165) is 33.8 Å². The lowest BCUT2D eigenvalue weighted by Crippen LogP contribution is -2.16. The fraction of sp³-hybridized carbons (Fsp3) is 0.235. The van der Waals surface area contributed by atoms with Crippen LogP contribution >= 0.6 is 0 Å². The molecule has 3 heteroatoms. The van der Waals surface area contributed by atoms with Gasteiger partial charge in [0, 0.05) is 24.5 Å². The lowest BCUT2D eigenvalue weighted by molar-refractivity contribution is 0.627. The van der Waals surface area contributed by atoms with Crippen molar-refractivity contribution >= 4 is 5.82 Å². The molecular formula is C17H19FN2. The number of rotatable bonds is 3.